The molecule has 5 heteroatoms. The molecule has 0 unspecified atom stereocenters. The topological polar surface area (TPSA) is 77.3 Å². The van der Waals surface area contributed by atoms with Crippen molar-refractivity contribution >= 4 is 17.3 Å². The number of ketones is 2. The second-order valence-corrected chi connectivity index (χ2v) is 6.55. The van der Waals surface area contributed by atoms with E-state index in [1.54, 1.807) is 12.1 Å². The largest absolute Gasteiger partial charge is 0.299 e. The van der Waals surface area contributed by atoms with Gasteiger partial charge in [0.2, 0.25) is 0 Å². The van der Waals surface area contributed by atoms with Crippen LogP contribution in [0.1, 0.15) is 76.7 Å². The van der Waals surface area contributed by atoms with Crippen molar-refractivity contribution in [2.24, 2.45) is 0 Å². The van der Waals surface area contributed by atoms with Gasteiger partial charge in [-0.15, -0.1) is 0 Å². The van der Waals surface area contributed by atoms with Crippen molar-refractivity contribution < 1.29 is 14.5 Å². The third-order valence-electron chi connectivity index (χ3n) is 4.27. The van der Waals surface area contributed by atoms with E-state index in [-0.39, 0.29) is 30.1 Å². The van der Waals surface area contributed by atoms with Crippen LogP contribution in [0.4, 0.5) is 5.69 Å². The molecule has 1 aromatic rings. The number of hydrogen-bond acceptors (Lipinski definition) is 4. The summed E-state index contributed by atoms with van der Waals surface area (Å²) in [5, 5.41) is 10.7. The molecule has 0 aromatic heterocycles. The zero-order chi connectivity index (χ0) is 18.5. The van der Waals surface area contributed by atoms with E-state index in [2.05, 4.69) is 6.92 Å². The van der Waals surface area contributed by atoms with Crippen molar-refractivity contribution in [3.8, 4) is 0 Å². The van der Waals surface area contributed by atoms with Crippen molar-refractivity contribution in [2.75, 3.05) is 0 Å². The number of unbranched alkanes of at least 4 members (excludes halogenated alkanes) is 6. The molecule has 0 amide bonds. The number of nitro benzene ring substituents is 1. The molecular formula is C20H29NO4. The molecule has 1 rings (SSSR count). The maximum absolute atomic E-state index is 11.9. The zero-order valence-corrected chi connectivity index (χ0v) is 15.2. The van der Waals surface area contributed by atoms with Crippen LogP contribution >= 0.6 is 0 Å². The number of nitrogens with zero attached hydrogens (tertiary/aromatic N) is 1. The summed E-state index contributed by atoms with van der Waals surface area (Å²) in [7, 11) is 0. The highest BCUT2D eigenvalue weighted by Crippen LogP contribution is 2.15. The molecule has 0 N–H and O–H groups in total. The quantitative estimate of drug-likeness (QED) is 0.201. The average molecular weight is 347 g/mol. The summed E-state index contributed by atoms with van der Waals surface area (Å²) in [4.78, 5) is 34.0. The van der Waals surface area contributed by atoms with Crippen molar-refractivity contribution in [1.82, 2.24) is 0 Å². The molecule has 0 heterocycles. The number of hydrogen-bond donors (Lipinski definition) is 0. The van der Waals surface area contributed by atoms with Crippen LogP contribution in [-0.4, -0.2) is 16.5 Å². The predicted molar refractivity (Wildman–Crippen MR) is 98.7 cm³/mol. The van der Waals surface area contributed by atoms with E-state index < -0.39 is 4.92 Å². The van der Waals surface area contributed by atoms with Crippen LogP contribution in [0.25, 0.3) is 0 Å². The summed E-state index contributed by atoms with van der Waals surface area (Å²) < 4.78 is 0. The lowest BCUT2D eigenvalue weighted by Crippen LogP contribution is -2.08. The Bertz CT molecular complexity index is 569. The Morgan fingerprint density at radius 3 is 2.28 bits per heavy atom. The summed E-state index contributed by atoms with van der Waals surface area (Å²) in [6.45, 7) is 2.19. The summed E-state index contributed by atoms with van der Waals surface area (Å²) in [5.41, 5.74) is 0.780. The van der Waals surface area contributed by atoms with Crippen LogP contribution in [0.15, 0.2) is 24.3 Å². The van der Waals surface area contributed by atoms with Crippen molar-refractivity contribution in [3.05, 3.63) is 39.9 Å². The maximum Gasteiger partial charge on any atom is 0.269 e. The highest BCUT2D eigenvalue weighted by Gasteiger charge is 2.11. The molecule has 0 atom stereocenters. The lowest BCUT2D eigenvalue weighted by molar-refractivity contribution is -0.384. The number of benzene rings is 1. The van der Waals surface area contributed by atoms with Gasteiger partial charge in [0, 0.05) is 25.0 Å². The molecule has 5 nitrogen and oxygen atoms in total. The van der Waals surface area contributed by atoms with Gasteiger partial charge in [0.1, 0.15) is 11.6 Å². The van der Waals surface area contributed by atoms with E-state index in [0.29, 0.717) is 12.8 Å². The van der Waals surface area contributed by atoms with E-state index in [9.17, 15) is 19.7 Å². The fourth-order valence-electron chi connectivity index (χ4n) is 2.79. The first-order chi connectivity index (χ1) is 12.0. The normalized spacial score (nSPS) is 10.6. The minimum atomic E-state index is -0.447. The van der Waals surface area contributed by atoms with Gasteiger partial charge in [-0.05, 0) is 18.4 Å². The van der Waals surface area contributed by atoms with Crippen LogP contribution in [0.2, 0.25) is 0 Å². The van der Waals surface area contributed by atoms with Crippen molar-refractivity contribution in [1.29, 1.82) is 0 Å². The first-order valence-electron chi connectivity index (χ1n) is 9.29. The van der Waals surface area contributed by atoms with Crippen molar-refractivity contribution in [3.63, 3.8) is 0 Å². The smallest absolute Gasteiger partial charge is 0.269 e. The Balaban J connectivity index is 2.18. The fraction of sp³-hybridized carbons (Fsp3) is 0.600. The van der Waals surface area contributed by atoms with E-state index >= 15 is 0 Å². The molecule has 0 fully saturated rings. The lowest BCUT2D eigenvalue weighted by Gasteiger charge is -2.03. The molecule has 25 heavy (non-hydrogen) atoms. The number of aryl methyl sites for hydroxylation is 1. The SMILES string of the molecule is CCCCCCCCCC(=O)CC(=O)CCc1cccc([N+](=O)[O-])c1. The van der Waals surface area contributed by atoms with Gasteiger partial charge in [-0.3, -0.25) is 19.7 Å². The Morgan fingerprint density at radius 2 is 1.60 bits per heavy atom. The minimum absolute atomic E-state index is 0.00917. The third kappa shape index (κ3) is 9.75. The molecule has 0 aliphatic carbocycles. The van der Waals surface area contributed by atoms with Crippen molar-refractivity contribution in [2.45, 2.75) is 77.6 Å². The van der Waals surface area contributed by atoms with E-state index in [1.807, 2.05) is 0 Å². The van der Waals surface area contributed by atoms with E-state index in [4.69, 9.17) is 0 Å². The highest BCUT2D eigenvalue weighted by molar-refractivity contribution is 5.99. The molecule has 1 aromatic carbocycles. The second kappa shape index (κ2) is 12.3. The fourth-order valence-corrected chi connectivity index (χ4v) is 2.79. The molecule has 138 valence electrons. The van der Waals surface area contributed by atoms with Gasteiger partial charge in [0.15, 0.2) is 0 Å². The first kappa shape index (κ1) is 21.0. The van der Waals surface area contributed by atoms with Gasteiger partial charge in [-0.2, -0.15) is 0 Å². The number of carbonyl (C=O) groups excluding carboxylic acids is 2. The summed E-state index contributed by atoms with van der Waals surface area (Å²) >= 11 is 0. The predicted octanol–water partition coefficient (Wildman–Crippen LogP) is 5.20. The molecule has 0 bridgehead atoms. The van der Waals surface area contributed by atoms with Gasteiger partial charge in [0.25, 0.3) is 5.69 Å². The Morgan fingerprint density at radius 1 is 0.960 bits per heavy atom. The van der Waals surface area contributed by atoms with Crippen LogP contribution in [-0.2, 0) is 16.0 Å². The molecule has 0 aliphatic heterocycles. The minimum Gasteiger partial charge on any atom is -0.299 e. The number of nitro groups is 1. The van der Waals surface area contributed by atoms with Crippen LogP contribution in [0, 0.1) is 10.1 Å². The monoisotopic (exact) mass is 347 g/mol. The van der Waals surface area contributed by atoms with Crippen LogP contribution in [0.5, 0.6) is 0 Å². The Labute approximate surface area is 150 Å². The van der Waals surface area contributed by atoms with Crippen LogP contribution < -0.4 is 0 Å². The Kier molecular flexibility index (Phi) is 10.4. The average Bonchev–Trinajstić information content (AvgIpc) is 2.59. The third-order valence-corrected chi connectivity index (χ3v) is 4.27. The van der Waals surface area contributed by atoms with Gasteiger partial charge in [0.05, 0.1) is 11.3 Å². The summed E-state index contributed by atoms with van der Waals surface area (Å²) in [5.74, 6) is -0.0722. The molecule has 0 aliphatic rings. The van der Waals surface area contributed by atoms with Crippen LogP contribution in [0.3, 0.4) is 0 Å². The van der Waals surface area contributed by atoms with Gasteiger partial charge in [-0.1, -0.05) is 57.6 Å². The Hall–Kier alpha value is -2.04. The molecule has 0 radical (unpaired) electrons. The molecule has 0 spiro atoms. The standard InChI is InChI=1S/C20H29NO4/c1-2-3-4-5-6-7-8-12-19(22)16-20(23)14-13-17-10-9-11-18(15-17)21(24)25/h9-11,15H,2-8,12-14,16H2,1H3. The van der Waals surface area contributed by atoms with Gasteiger partial charge >= 0.3 is 0 Å². The molecule has 0 saturated carbocycles. The lowest BCUT2D eigenvalue weighted by atomic mass is 10.0. The van der Waals surface area contributed by atoms with Gasteiger partial charge < -0.3 is 0 Å². The first-order valence-corrected chi connectivity index (χ1v) is 9.29. The zero-order valence-electron chi connectivity index (χ0n) is 15.2. The molecule has 0 saturated heterocycles. The van der Waals surface area contributed by atoms with Gasteiger partial charge in [-0.25, -0.2) is 0 Å². The number of rotatable bonds is 14. The summed E-state index contributed by atoms with van der Waals surface area (Å²) in [6.07, 6.45) is 9.24. The number of Topliss-reactive ketones (excluding diaryl/α,β-unsaturated/α-hetero) is 2. The summed E-state index contributed by atoms with van der Waals surface area (Å²) in [6, 6.07) is 6.29. The maximum atomic E-state index is 11.9. The number of carbonyl (C=O) groups is 2. The highest BCUT2D eigenvalue weighted by atomic mass is 16.6. The second-order valence-electron chi connectivity index (χ2n) is 6.55. The van der Waals surface area contributed by atoms with E-state index in [0.717, 1.165) is 24.8 Å². The number of non-ortho nitro benzene ring substituents is 1. The molecular weight excluding hydrogens is 318 g/mol. The van der Waals surface area contributed by atoms with E-state index in [1.165, 1.54) is 37.8 Å².